The van der Waals surface area contributed by atoms with E-state index in [1.165, 1.54) is 11.3 Å². The molecule has 2 heterocycles. The number of aryl methyl sites for hydroxylation is 1. The van der Waals surface area contributed by atoms with Gasteiger partial charge in [0.15, 0.2) is 5.13 Å². The molecular weight excluding hydrogens is 284 g/mol. The molecule has 0 amide bonds. The molecule has 1 aromatic heterocycles. The zero-order valence-electron chi connectivity index (χ0n) is 12.0. The number of fused-ring (bicyclic) bond motifs is 1. The minimum absolute atomic E-state index is 0.214. The van der Waals surface area contributed by atoms with Gasteiger partial charge in [-0.25, -0.2) is 4.98 Å². The predicted molar refractivity (Wildman–Crippen MR) is 84.2 cm³/mol. The minimum atomic E-state index is -0.214. The van der Waals surface area contributed by atoms with Crippen LogP contribution in [0.3, 0.4) is 0 Å². The Kier molecular flexibility index (Phi) is 4.20. The first-order valence-corrected chi connectivity index (χ1v) is 8.11. The average molecular weight is 302 g/mol. The monoisotopic (exact) mass is 302 g/mol. The second-order valence-corrected chi connectivity index (χ2v) is 5.82. The largest absolute Gasteiger partial charge is 0.466 e. The van der Waals surface area contributed by atoms with Gasteiger partial charge in [-0.2, -0.15) is 0 Å². The minimum Gasteiger partial charge on any atom is -0.466 e. The maximum atomic E-state index is 11.5. The van der Waals surface area contributed by atoms with Crippen molar-refractivity contribution in [3.63, 3.8) is 0 Å². The lowest BCUT2D eigenvalue weighted by Gasteiger charge is -2.28. The molecule has 0 N–H and O–H groups in total. The van der Waals surface area contributed by atoms with E-state index < -0.39 is 0 Å². The maximum Gasteiger partial charge on any atom is 0.311 e. The Labute approximate surface area is 128 Å². The third-order valence-electron chi connectivity index (χ3n) is 3.51. The van der Waals surface area contributed by atoms with Crippen molar-refractivity contribution in [1.29, 1.82) is 0 Å². The quantitative estimate of drug-likeness (QED) is 0.812. The van der Waals surface area contributed by atoms with Crippen molar-refractivity contribution >= 4 is 28.1 Å². The van der Waals surface area contributed by atoms with Crippen LogP contribution in [-0.4, -0.2) is 24.1 Å². The molecule has 4 nitrogen and oxygen atoms in total. The Morgan fingerprint density at radius 2 is 2.29 bits per heavy atom. The summed E-state index contributed by atoms with van der Waals surface area (Å²) >= 11 is 1.59. The van der Waals surface area contributed by atoms with E-state index in [1.807, 2.05) is 12.3 Å². The first-order valence-electron chi connectivity index (χ1n) is 7.23. The third-order valence-corrected chi connectivity index (χ3v) is 4.42. The molecular formula is C16H18N2O2S. The molecule has 0 spiro atoms. The van der Waals surface area contributed by atoms with E-state index in [2.05, 4.69) is 34.1 Å². The van der Waals surface area contributed by atoms with Crippen LogP contribution in [0.4, 0.5) is 10.8 Å². The summed E-state index contributed by atoms with van der Waals surface area (Å²) in [6.45, 7) is 3.20. The number of para-hydroxylation sites is 1. The van der Waals surface area contributed by atoms with Crippen LogP contribution < -0.4 is 4.90 Å². The second kappa shape index (κ2) is 6.26. The number of esters is 1. The number of carbonyl (C=O) groups is 1. The van der Waals surface area contributed by atoms with Crippen molar-refractivity contribution in [2.75, 3.05) is 18.1 Å². The van der Waals surface area contributed by atoms with Gasteiger partial charge in [0.25, 0.3) is 0 Å². The lowest BCUT2D eigenvalue weighted by molar-refractivity contribution is -0.142. The fourth-order valence-corrected chi connectivity index (χ4v) is 3.46. The summed E-state index contributed by atoms with van der Waals surface area (Å²) < 4.78 is 4.97. The van der Waals surface area contributed by atoms with E-state index in [1.54, 1.807) is 11.3 Å². The highest BCUT2D eigenvalue weighted by molar-refractivity contribution is 7.13. The standard InChI is InChI=1S/C16H18N2O2S/c1-2-20-15(19)10-13-11-21-16(17-13)18-9-5-7-12-6-3-4-8-14(12)18/h3-4,6,8,11H,2,5,7,9-10H2,1H3. The molecule has 21 heavy (non-hydrogen) atoms. The van der Waals surface area contributed by atoms with Gasteiger partial charge < -0.3 is 9.64 Å². The lowest BCUT2D eigenvalue weighted by atomic mass is 10.0. The number of anilines is 2. The van der Waals surface area contributed by atoms with Crippen LogP contribution >= 0.6 is 11.3 Å². The summed E-state index contributed by atoms with van der Waals surface area (Å²) in [5, 5.41) is 2.91. The molecule has 0 bridgehead atoms. The van der Waals surface area contributed by atoms with Crippen LogP contribution in [0.2, 0.25) is 0 Å². The summed E-state index contributed by atoms with van der Waals surface area (Å²) in [6, 6.07) is 8.45. The van der Waals surface area contributed by atoms with Crippen molar-refractivity contribution in [3.8, 4) is 0 Å². The average Bonchev–Trinajstić information content (AvgIpc) is 2.95. The Bertz CT molecular complexity index is 639. The second-order valence-electron chi connectivity index (χ2n) is 4.99. The highest BCUT2D eigenvalue weighted by Crippen LogP contribution is 2.34. The smallest absolute Gasteiger partial charge is 0.311 e. The summed E-state index contributed by atoms with van der Waals surface area (Å²) in [7, 11) is 0. The number of thiazole rings is 1. The third kappa shape index (κ3) is 3.08. The SMILES string of the molecule is CCOC(=O)Cc1csc(N2CCCc3ccccc32)n1. The summed E-state index contributed by atoms with van der Waals surface area (Å²) in [5.41, 5.74) is 3.39. The Morgan fingerprint density at radius 3 is 3.14 bits per heavy atom. The van der Waals surface area contributed by atoms with E-state index in [0.29, 0.717) is 6.61 Å². The molecule has 2 aromatic rings. The lowest BCUT2D eigenvalue weighted by Crippen LogP contribution is -2.24. The number of ether oxygens (including phenoxy) is 1. The molecule has 1 aliphatic heterocycles. The predicted octanol–water partition coefficient (Wildman–Crippen LogP) is 3.33. The molecule has 3 rings (SSSR count). The van der Waals surface area contributed by atoms with Crippen molar-refractivity contribution in [1.82, 2.24) is 4.98 Å². The summed E-state index contributed by atoms with van der Waals surface area (Å²) in [4.78, 5) is 18.4. The number of carbonyl (C=O) groups excluding carboxylic acids is 1. The van der Waals surface area contributed by atoms with E-state index in [0.717, 1.165) is 30.2 Å². The van der Waals surface area contributed by atoms with Crippen LogP contribution in [-0.2, 0) is 22.4 Å². The van der Waals surface area contributed by atoms with Crippen LogP contribution in [0.5, 0.6) is 0 Å². The van der Waals surface area contributed by atoms with Crippen LogP contribution in [0, 0.1) is 0 Å². The van der Waals surface area contributed by atoms with Crippen LogP contribution in [0.25, 0.3) is 0 Å². The van der Waals surface area contributed by atoms with E-state index in [-0.39, 0.29) is 12.4 Å². The molecule has 0 atom stereocenters. The van der Waals surface area contributed by atoms with Gasteiger partial charge >= 0.3 is 5.97 Å². The number of nitrogens with zero attached hydrogens (tertiary/aromatic N) is 2. The van der Waals surface area contributed by atoms with Gasteiger partial charge in [0, 0.05) is 17.6 Å². The van der Waals surface area contributed by atoms with E-state index in [9.17, 15) is 4.79 Å². The van der Waals surface area contributed by atoms with E-state index >= 15 is 0 Å². The number of aromatic nitrogens is 1. The van der Waals surface area contributed by atoms with Crippen molar-refractivity contribution < 1.29 is 9.53 Å². The number of hydrogen-bond donors (Lipinski definition) is 0. The zero-order valence-corrected chi connectivity index (χ0v) is 12.9. The van der Waals surface area contributed by atoms with Gasteiger partial charge in [-0.1, -0.05) is 18.2 Å². The van der Waals surface area contributed by atoms with Crippen molar-refractivity contribution in [3.05, 3.63) is 40.9 Å². The first kappa shape index (κ1) is 14.1. The first-order chi connectivity index (χ1) is 10.3. The molecule has 5 heteroatoms. The Morgan fingerprint density at radius 1 is 1.43 bits per heavy atom. The molecule has 1 aliphatic rings. The van der Waals surface area contributed by atoms with E-state index in [4.69, 9.17) is 4.74 Å². The molecule has 0 fully saturated rings. The molecule has 110 valence electrons. The highest BCUT2D eigenvalue weighted by Gasteiger charge is 2.20. The molecule has 0 saturated heterocycles. The molecule has 1 aromatic carbocycles. The van der Waals surface area contributed by atoms with Crippen molar-refractivity contribution in [2.45, 2.75) is 26.2 Å². The Hall–Kier alpha value is -1.88. The maximum absolute atomic E-state index is 11.5. The molecule has 0 radical (unpaired) electrons. The van der Waals surface area contributed by atoms with Gasteiger partial charge in [-0.15, -0.1) is 11.3 Å². The topological polar surface area (TPSA) is 42.4 Å². The molecule has 0 saturated carbocycles. The van der Waals surface area contributed by atoms with Crippen LogP contribution in [0.1, 0.15) is 24.6 Å². The van der Waals surface area contributed by atoms with Gasteiger partial charge in [0.05, 0.1) is 18.7 Å². The fourth-order valence-electron chi connectivity index (χ4n) is 2.59. The number of rotatable bonds is 4. The van der Waals surface area contributed by atoms with Gasteiger partial charge in [0.1, 0.15) is 0 Å². The van der Waals surface area contributed by atoms with Gasteiger partial charge in [0.2, 0.25) is 0 Å². The number of hydrogen-bond acceptors (Lipinski definition) is 5. The highest BCUT2D eigenvalue weighted by atomic mass is 32.1. The number of benzene rings is 1. The van der Waals surface area contributed by atoms with Crippen molar-refractivity contribution in [2.24, 2.45) is 0 Å². The molecule has 0 aliphatic carbocycles. The van der Waals surface area contributed by atoms with Crippen LogP contribution in [0.15, 0.2) is 29.6 Å². The summed E-state index contributed by atoms with van der Waals surface area (Å²) in [5.74, 6) is -0.214. The fraction of sp³-hybridized carbons (Fsp3) is 0.375. The van der Waals surface area contributed by atoms with Gasteiger partial charge in [-0.05, 0) is 31.4 Å². The Balaban J connectivity index is 1.79. The molecule has 0 unspecified atom stereocenters. The summed E-state index contributed by atoms with van der Waals surface area (Å²) in [6.07, 6.45) is 2.50. The zero-order chi connectivity index (χ0) is 14.7. The van der Waals surface area contributed by atoms with Gasteiger partial charge in [-0.3, -0.25) is 4.79 Å². The normalized spacial score (nSPS) is 13.9.